The molecule has 2 aromatic carbocycles. The highest BCUT2D eigenvalue weighted by atomic mass is 14.1. The molecule has 264 valence electrons. The third kappa shape index (κ3) is 53.7. The van der Waals surface area contributed by atoms with Crippen molar-refractivity contribution in [2.24, 2.45) is 5.92 Å². The van der Waals surface area contributed by atoms with Gasteiger partial charge in [0.05, 0.1) is 0 Å². The number of rotatable bonds is 11. The molecule has 0 aliphatic rings. The predicted molar refractivity (Wildman–Crippen MR) is 220 cm³/mol. The quantitative estimate of drug-likeness (QED) is 0.171. The normalized spacial score (nSPS) is 9.61. The molecule has 0 heterocycles. The van der Waals surface area contributed by atoms with Crippen LogP contribution in [0.2, 0.25) is 0 Å². The second-order valence-electron chi connectivity index (χ2n) is 12.2. The Morgan fingerprint density at radius 1 is 0.674 bits per heavy atom. The van der Waals surface area contributed by atoms with Gasteiger partial charge in [-0.1, -0.05) is 179 Å². The van der Waals surface area contributed by atoms with Gasteiger partial charge in [-0.15, -0.1) is 19.7 Å². The number of allylic oxidation sites excluding steroid dienone is 6. The molecule has 0 spiro atoms. The molecule has 46 heavy (non-hydrogen) atoms. The maximum atomic E-state index is 4.33. The fourth-order valence-electron chi connectivity index (χ4n) is 3.89. The van der Waals surface area contributed by atoms with Crippen molar-refractivity contribution in [3.05, 3.63) is 132 Å². The Morgan fingerprint density at radius 3 is 1.39 bits per heavy atom. The summed E-state index contributed by atoms with van der Waals surface area (Å²) in [6.45, 7) is 43.6. The first-order valence-corrected chi connectivity index (χ1v) is 17.9. The highest BCUT2D eigenvalue weighted by Gasteiger charge is 2.09. The van der Waals surface area contributed by atoms with Crippen LogP contribution in [0.3, 0.4) is 0 Å². The van der Waals surface area contributed by atoms with Crippen molar-refractivity contribution >= 4 is 0 Å². The number of unbranched alkanes of at least 4 members (excludes halogenated alkanes) is 4. The highest BCUT2D eigenvalue weighted by Crippen LogP contribution is 2.23. The third-order valence-electron chi connectivity index (χ3n) is 5.91. The second kappa shape index (κ2) is 42.1. The molecular weight excluding hydrogens is 553 g/mol. The van der Waals surface area contributed by atoms with Crippen molar-refractivity contribution in [1.29, 1.82) is 0 Å². The van der Waals surface area contributed by atoms with Crippen LogP contribution in [-0.2, 0) is 6.42 Å². The van der Waals surface area contributed by atoms with Crippen LogP contribution in [0.15, 0.2) is 110 Å². The highest BCUT2D eigenvalue weighted by molar-refractivity contribution is 5.26. The first-order chi connectivity index (χ1) is 21.7. The van der Waals surface area contributed by atoms with E-state index in [-0.39, 0.29) is 0 Å². The van der Waals surface area contributed by atoms with E-state index < -0.39 is 0 Å². The molecule has 0 heteroatoms. The molecule has 0 fully saturated rings. The fraction of sp³-hybridized carbons (Fsp3) is 0.522. The minimum Gasteiger partial charge on any atom is -0.103 e. The van der Waals surface area contributed by atoms with Crippen LogP contribution in [0.25, 0.3) is 0 Å². The minimum absolute atomic E-state index is 0.837. The van der Waals surface area contributed by atoms with Crippen LogP contribution in [0, 0.1) is 26.7 Å². The van der Waals surface area contributed by atoms with Gasteiger partial charge < -0.3 is 0 Å². The van der Waals surface area contributed by atoms with Crippen molar-refractivity contribution < 1.29 is 0 Å². The second-order valence-corrected chi connectivity index (χ2v) is 12.2. The summed E-state index contributed by atoms with van der Waals surface area (Å²) >= 11 is 0. The van der Waals surface area contributed by atoms with Crippen LogP contribution in [0.5, 0.6) is 0 Å². The van der Waals surface area contributed by atoms with E-state index in [0.717, 1.165) is 12.3 Å². The first kappa shape index (κ1) is 52.7. The molecule has 2 aromatic rings. The standard InChI is InChI=1S/C21H34.C8H10.3C4H8.C3H6.C2H6/c1-5-7-8-9-10-13-20(6-2)16-19(4)17-21-14-11-12-18(3)15-21;1-7-4-3-5-8(2)6-7;2*1-4(2)3;1-3-4-2;1-3-2;1-2/h11-12,14-15,20H,4-10,13,16-17H2,1-3H3;3-6H,1-2H3;2*1H2,2-3H3;3-4H,1-2H3;3H,1H2,2H3;1-2H3/b;;;;4-3-;;. The van der Waals surface area contributed by atoms with Crippen molar-refractivity contribution in [1.82, 2.24) is 0 Å². The van der Waals surface area contributed by atoms with Crippen LogP contribution < -0.4 is 0 Å². The van der Waals surface area contributed by atoms with E-state index in [1.807, 2.05) is 74.5 Å². The first-order valence-electron chi connectivity index (χ1n) is 17.9. The SMILES string of the molecule is C/C=C\C.C=C(C)C.C=C(C)C.C=C(Cc1cccc(C)c1)CC(CC)CCCCCCC.C=CC.CC.Cc1cccc(C)c1. The van der Waals surface area contributed by atoms with Gasteiger partial charge in [-0.2, -0.15) is 0 Å². The van der Waals surface area contributed by atoms with Crippen molar-refractivity contribution in [2.45, 2.75) is 155 Å². The van der Waals surface area contributed by atoms with Gasteiger partial charge in [-0.25, -0.2) is 0 Å². The summed E-state index contributed by atoms with van der Waals surface area (Å²) in [7, 11) is 0. The van der Waals surface area contributed by atoms with Gasteiger partial charge in [-0.3, -0.25) is 0 Å². The molecule has 0 N–H and O–H groups in total. The summed E-state index contributed by atoms with van der Waals surface area (Å²) in [6, 6.07) is 17.3. The Hall–Kier alpha value is -2.86. The Balaban J connectivity index is -0.000000182. The summed E-state index contributed by atoms with van der Waals surface area (Å²) in [5, 5.41) is 0. The Morgan fingerprint density at radius 2 is 1.07 bits per heavy atom. The van der Waals surface area contributed by atoms with Crippen LogP contribution in [0.4, 0.5) is 0 Å². The van der Waals surface area contributed by atoms with Gasteiger partial charge in [-0.05, 0) is 93.6 Å². The zero-order chi connectivity index (χ0) is 36.8. The van der Waals surface area contributed by atoms with E-state index in [9.17, 15) is 0 Å². The summed E-state index contributed by atoms with van der Waals surface area (Å²) in [4.78, 5) is 0. The van der Waals surface area contributed by atoms with Crippen LogP contribution >= 0.6 is 0 Å². The van der Waals surface area contributed by atoms with Crippen molar-refractivity contribution in [3.63, 3.8) is 0 Å². The molecule has 0 amide bonds. The molecule has 0 nitrogen and oxygen atoms in total. The molecule has 0 aromatic heterocycles. The molecule has 1 atom stereocenters. The lowest BCUT2D eigenvalue weighted by Gasteiger charge is -2.16. The zero-order valence-corrected chi connectivity index (χ0v) is 33.6. The van der Waals surface area contributed by atoms with E-state index in [0.29, 0.717) is 0 Å². The smallest absolute Gasteiger partial charge is 0.00696 e. The van der Waals surface area contributed by atoms with Gasteiger partial charge in [0.25, 0.3) is 0 Å². The van der Waals surface area contributed by atoms with Crippen molar-refractivity contribution in [3.8, 4) is 0 Å². The van der Waals surface area contributed by atoms with Gasteiger partial charge in [0, 0.05) is 0 Å². The van der Waals surface area contributed by atoms with E-state index in [4.69, 9.17) is 0 Å². The molecule has 0 aliphatic carbocycles. The summed E-state index contributed by atoms with van der Waals surface area (Å²) in [5.41, 5.74) is 9.18. The van der Waals surface area contributed by atoms with E-state index in [1.165, 1.54) is 90.3 Å². The molecule has 0 radical (unpaired) electrons. The lowest BCUT2D eigenvalue weighted by Crippen LogP contribution is -2.02. The summed E-state index contributed by atoms with van der Waals surface area (Å²) in [5.74, 6) is 0.837. The topological polar surface area (TPSA) is 0 Å². The largest absolute Gasteiger partial charge is 0.103 e. The zero-order valence-electron chi connectivity index (χ0n) is 33.6. The Kier molecular flexibility index (Phi) is 48.2. The summed E-state index contributed by atoms with van der Waals surface area (Å²) < 4.78 is 0. The van der Waals surface area contributed by atoms with E-state index >= 15 is 0 Å². The maximum absolute atomic E-state index is 4.33. The average molecular weight is 633 g/mol. The summed E-state index contributed by atoms with van der Waals surface area (Å²) in [6.07, 6.45) is 17.6. The number of hydrogen-bond acceptors (Lipinski definition) is 0. The monoisotopic (exact) mass is 633 g/mol. The third-order valence-corrected chi connectivity index (χ3v) is 5.91. The Labute approximate surface area is 291 Å². The van der Waals surface area contributed by atoms with Gasteiger partial charge in [0.2, 0.25) is 0 Å². The van der Waals surface area contributed by atoms with E-state index in [1.54, 1.807) is 6.08 Å². The molecule has 0 saturated heterocycles. The lowest BCUT2D eigenvalue weighted by atomic mass is 9.89. The van der Waals surface area contributed by atoms with Crippen LogP contribution in [0.1, 0.15) is 150 Å². The van der Waals surface area contributed by atoms with E-state index in [2.05, 4.69) is 109 Å². The fourth-order valence-corrected chi connectivity index (χ4v) is 3.89. The average Bonchev–Trinajstić information content (AvgIpc) is 2.97. The van der Waals surface area contributed by atoms with Gasteiger partial charge >= 0.3 is 0 Å². The van der Waals surface area contributed by atoms with Gasteiger partial charge in [0.1, 0.15) is 0 Å². The number of benzene rings is 2. The number of aryl methyl sites for hydroxylation is 3. The molecular formula is C46H80. The number of hydrogen-bond donors (Lipinski definition) is 0. The minimum atomic E-state index is 0.837. The maximum Gasteiger partial charge on any atom is -0.00696 e. The lowest BCUT2D eigenvalue weighted by molar-refractivity contribution is 0.434. The van der Waals surface area contributed by atoms with Crippen molar-refractivity contribution in [2.75, 3.05) is 0 Å². The molecule has 0 aliphatic heterocycles. The van der Waals surface area contributed by atoms with Crippen LogP contribution in [-0.4, -0.2) is 0 Å². The van der Waals surface area contributed by atoms with Gasteiger partial charge in [0.15, 0.2) is 0 Å². The molecule has 0 bridgehead atoms. The molecule has 1 unspecified atom stereocenters. The predicted octanol–water partition coefficient (Wildman–Crippen LogP) is 16.1. The molecule has 0 saturated carbocycles. The Bertz CT molecular complexity index is 943. The molecule has 2 rings (SSSR count).